The highest BCUT2D eigenvalue weighted by molar-refractivity contribution is 7.92. The molecule has 0 aliphatic heterocycles. The first-order valence-corrected chi connectivity index (χ1v) is 7.55. The maximum absolute atomic E-state index is 12.4. The van der Waals surface area contributed by atoms with Gasteiger partial charge in [-0.25, -0.2) is 8.42 Å². The third-order valence-corrected chi connectivity index (χ3v) is 4.23. The molecule has 0 atom stereocenters. The van der Waals surface area contributed by atoms with Crippen LogP contribution in [-0.4, -0.2) is 15.5 Å². The van der Waals surface area contributed by atoms with Gasteiger partial charge in [0.15, 0.2) is 0 Å². The topological polar surface area (TPSA) is 55.4 Å². The summed E-state index contributed by atoms with van der Waals surface area (Å²) in [5.41, 5.74) is -0.802. The largest absolute Gasteiger partial charge is 0.497 e. The predicted molar refractivity (Wildman–Crippen MR) is 75.2 cm³/mol. The van der Waals surface area contributed by atoms with Crippen LogP contribution in [0.3, 0.4) is 0 Å². The predicted octanol–water partition coefficient (Wildman–Crippen LogP) is 3.51. The highest BCUT2D eigenvalue weighted by atomic mass is 32.2. The van der Waals surface area contributed by atoms with E-state index in [2.05, 4.69) is 4.72 Å². The average Bonchev–Trinajstić information content (AvgIpc) is 2.46. The molecule has 4 nitrogen and oxygen atoms in total. The molecule has 0 aliphatic rings. The zero-order chi connectivity index (χ0) is 16.4. The molecule has 0 unspecified atom stereocenters. The van der Waals surface area contributed by atoms with Gasteiger partial charge in [-0.3, -0.25) is 4.72 Å². The zero-order valence-corrected chi connectivity index (χ0v) is 12.2. The van der Waals surface area contributed by atoms with Crippen molar-refractivity contribution >= 4 is 15.7 Å². The molecule has 2 aromatic carbocycles. The van der Waals surface area contributed by atoms with Gasteiger partial charge in [-0.15, -0.1) is 0 Å². The number of alkyl halides is 3. The molecule has 0 aliphatic carbocycles. The Kier molecular flexibility index (Phi) is 4.32. The van der Waals surface area contributed by atoms with E-state index < -0.39 is 21.8 Å². The van der Waals surface area contributed by atoms with Crippen molar-refractivity contribution in [3.63, 3.8) is 0 Å². The summed E-state index contributed by atoms with van der Waals surface area (Å²) in [4.78, 5) is -0.0202. The van der Waals surface area contributed by atoms with E-state index in [1.807, 2.05) is 0 Å². The van der Waals surface area contributed by atoms with Crippen molar-refractivity contribution in [1.82, 2.24) is 0 Å². The molecule has 118 valence electrons. The first-order chi connectivity index (χ1) is 10.2. The quantitative estimate of drug-likeness (QED) is 0.933. The van der Waals surface area contributed by atoms with Gasteiger partial charge in [0.1, 0.15) is 5.75 Å². The molecule has 0 aromatic heterocycles. The van der Waals surface area contributed by atoms with Crippen molar-refractivity contribution in [3.8, 4) is 5.75 Å². The molecule has 0 bridgehead atoms. The van der Waals surface area contributed by atoms with Gasteiger partial charge in [0.2, 0.25) is 0 Å². The lowest BCUT2D eigenvalue weighted by Crippen LogP contribution is -2.13. The second-order valence-electron chi connectivity index (χ2n) is 4.36. The molecule has 0 saturated heterocycles. The number of rotatable bonds is 4. The first-order valence-electron chi connectivity index (χ1n) is 6.06. The lowest BCUT2D eigenvalue weighted by Gasteiger charge is -2.10. The molecule has 22 heavy (non-hydrogen) atoms. The molecule has 0 amide bonds. The van der Waals surface area contributed by atoms with Crippen LogP contribution in [0.1, 0.15) is 5.56 Å². The number of benzene rings is 2. The minimum absolute atomic E-state index is 0.0202. The lowest BCUT2D eigenvalue weighted by atomic mass is 10.2. The molecule has 0 saturated carbocycles. The van der Waals surface area contributed by atoms with Crippen LogP contribution in [0, 0.1) is 0 Å². The van der Waals surface area contributed by atoms with Crippen molar-refractivity contribution in [2.45, 2.75) is 11.1 Å². The lowest BCUT2D eigenvalue weighted by molar-refractivity contribution is -0.137. The van der Waals surface area contributed by atoms with Crippen LogP contribution in [-0.2, 0) is 16.2 Å². The Hall–Kier alpha value is -2.22. The summed E-state index contributed by atoms with van der Waals surface area (Å²) >= 11 is 0. The summed E-state index contributed by atoms with van der Waals surface area (Å²) in [5.74, 6) is 0.494. The van der Waals surface area contributed by atoms with E-state index in [1.165, 1.54) is 31.4 Å². The Balaban J connectivity index is 2.21. The molecule has 2 rings (SSSR count). The molecular weight excluding hydrogens is 319 g/mol. The van der Waals surface area contributed by atoms with E-state index in [0.717, 1.165) is 24.3 Å². The number of anilines is 1. The third-order valence-electron chi connectivity index (χ3n) is 2.83. The zero-order valence-electron chi connectivity index (χ0n) is 11.4. The maximum atomic E-state index is 12.4. The Morgan fingerprint density at radius 3 is 1.95 bits per heavy atom. The fourth-order valence-corrected chi connectivity index (χ4v) is 2.75. The second-order valence-corrected chi connectivity index (χ2v) is 6.04. The van der Waals surface area contributed by atoms with Gasteiger partial charge in [0.05, 0.1) is 17.6 Å². The monoisotopic (exact) mass is 331 g/mol. The molecule has 2 aromatic rings. The van der Waals surface area contributed by atoms with Crippen molar-refractivity contribution in [2.75, 3.05) is 11.8 Å². The van der Waals surface area contributed by atoms with Crippen LogP contribution in [0.2, 0.25) is 0 Å². The van der Waals surface area contributed by atoms with E-state index in [1.54, 1.807) is 0 Å². The van der Waals surface area contributed by atoms with Crippen LogP contribution in [0.5, 0.6) is 5.75 Å². The summed E-state index contributed by atoms with van der Waals surface area (Å²) in [6, 6.07) is 9.37. The number of methoxy groups -OCH3 is 1. The van der Waals surface area contributed by atoms with E-state index in [-0.39, 0.29) is 10.6 Å². The van der Waals surface area contributed by atoms with Crippen LogP contribution >= 0.6 is 0 Å². The van der Waals surface area contributed by atoms with Gasteiger partial charge in [0.25, 0.3) is 10.0 Å². The van der Waals surface area contributed by atoms with Gasteiger partial charge in [-0.2, -0.15) is 13.2 Å². The Morgan fingerprint density at radius 1 is 0.955 bits per heavy atom. The Bertz CT molecular complexity index is 738. The van der Waals surface area contributed by atoms with Gasteiger partial charge in [-0.1, -0.05) is 0 Å². The third kappa shape index (κ3) is 3.70. The molecule has 0 spiro atoms. The summed E-state index contributed by atoms with van der Waals surface area (Å²) in [7, 11) is -2.43. The Morgan fingerprint density at radius 2 is 1.50 bits per heavy atom. The van der Waals surface area contributed by atoms with Crippen LogP contribution in [0.25, 0.3) is 0 Å². The Labute approximate surface area is 125 Å². The molecule has 8 heteroatoms. The summed E-state index contributed by atoms with van der Waals surface area (Å²) in [6.07, 6.45) is -4.46. The van der Waals surface area contributed by atoms with Gasteiger partial charge < -0.3 is 4.74 Å². The van der Waals surface area contributed by atoms with Gasteiger partial charge in [0, 0.05) is 5.69 Å². The van der Waals surface area contributed by atoms with E-state index in [9.17, 15) is 21.6 Å². The maximum Gasteiger partial charge on any atom is 0.416 e. The first kappa shape index (κ1) is 16.2. The number of sulfonamides is 1. The van der Waals surface area contributed by atoms with Crippen molar-refractivity contribution in [2.24, 2.45) is 0 Å². The van der Waals surface area contributed by atoms with Crippen LogP contribution in [0.4, 0.5) is 18.9 Å². The van der Waals surface area contributed by atoms with Crippen LogP contribution < -0.4 is 9.46 Å². The summed E-state index contributed by atoms with van der Waals surface area (Å²) in [5, 5.41) is 0. The van der Waals surface area contributed by atoms with Crippen molar-refractivity contribution in [3.05, 3.63) is 54.1 Å². The van der Waals surface area contributed by atoms with Gasteiger partial charge >= 0.3 is 6.18 Å². The highest BCUT2D eigenvalue weighted by Gasteiger charge is 2.30. The number of hydrogen-bond donors (Lipinski definition) is 1. The number of ether oxygens (including phenoxy) is 1. The van der Waals surface area contributed by atoms with E-state index >= 15 is 0 Å². The molecule has 0 heterocycles. The fourth-order valence-electron chi connectivity index (χ4n) is 1.70. The van der Waals surface area contributed by atoms with Crippen LogP contribution in [0.15, 0.2) is 53.4 Å². The minimum atomic E-state index is -4.46. The van der Waals surface area contributed by atoms with E-state index in [4.69, 9.17) is 4.74 Å². The standard InChI is InChI=1S/C14H12F3NO3S/c1-21-12-6-8-13(9-7-12)22(19,20)18-11-4-2-10(3-5-11)14(15,16)17/h2-9,18H,1H3. The smallest absolute Gasteiger partial charge is 0.416 e. The fraction of sp³-hybridized carbons (Fsp3) is 0.143. The average molecular weight is 331 g/mol. The minimum Gasteiger partial charge on any atom is -0.497 e. The highest BCUT2D eigenvalue weighted by Crippen LogP contribution is 2.30. The SMILES string of the molecule is COc1ccc(S(=O)(=O)Nc2ccc(C(F)(F)F)cc2)cc1. The number of halogens is 3. The number of nitrogens with one attached hydrogen (secondary N) is 1. The molecule has 1 N–H and O–H groups in total. The second kappa shape index (κ2) is 5.88. The van der Waals surface area contributed by atoms with E-state index in [0.29, 0.717) is 5.75 Å². The number of hydrogen-bond acceptors (Lipinski definition) is 3. The normalized spacial score (nSPS) is 12.0. The molecule has 0 fully saturated rings. The molecule has 0 radical (unpaired) electrons. The van der Waals surface area contributed by atoms with Gasteiger partial charge in [-0.05, 0) is 48.5 Å². The summed E-state index contributed by atoms with van der Waals surface area (Å²) < 4.78 is 68.7. The summed E-state index contributed by atoms with van der Waals surface area (Å²) in [6.45, 7) is 0. The molecular formula is C14H12F3NO3S. The van der Waals surface area contributed by atoms with Crippen molar-refractivity contribution < 1.29 is 26.3 Å². The van der Waals surface area contributed by atoms with Crippen molar-refractivity contribution in [1.29, 1.82) is 0 Å².